The maximum absolute atomic E-state index is 12.9. The third-order valence-corrected chi connectivity index (χ3v) is 4.84. The normalized spacial score (nSPS) is 14.2. The molecular weight excluding hydrogens is 469 g/mol. The number of hydrogen-bond acceptors (Lipinski definition) is 10. The Morgan fingerprint density at radius 2 is 1.77 bits per heavy atom. The van der Waals surface area contributed by atoms with Crippen LogP contribution in [0.3, 0.4) is 0 Å². The summed E-state index contributed by atoms with van der Waals surface area (Å²) in [6.45, 7) is 2.09. The minimum absolute atomic E-state index is 0.0501. The van der Waals surface area contributed by atoms with Crippen LogP contribution in [0.2, 0.25) is 0 Å². The monoisotopic (exact) mass is 488 g/mol. The van der Waals surface area contributed by atoms with Crippen molar-refractivity contribution in [1.29, 1.82) is 0 Å². The highest BCUT2D eigenvalue weighted by atomic mass is 19.4. The Bertz CT molecular complexity index is 1220. The highest BCUT2D eigenvalue weighted by Gasteiger charge is 2.30. The molecule has 182 valence electrons. The summed E-state index contributed by atoms with van der Waals surface area (Å²) < 4.78 is 44.1. The van der Waals surface area contributed by atoms with Crippen molar-refractivity contribution in [3.8, 4) is 0 Å². The fourth-order valence-electron chi connectivity index (χ4n) is 3.13. The van der Waals surface area contributed by atoms with Crippen molar-refractivity contribution in [1.82, 2.24) is 15.0 Å². The summed E-state index contributed by atoms with van der Waals surface area (Å²) in [5, 5.41) is 17.8. The number of nitro groups is 1. The Morgan fingerprint density at radius 3 is 2.46 bits per heavy atom. The highest BCUT2D eigenvalue weighted by Crippen LogP contribution is 2.29. The molecule has 0 atom stereocenters. The fraction of sp³-hybridized carbons (Fsp3) is 0.238. The second kappa shape index (κ2) is 10.3. The number of anilines is 4. The van der Waals surface area contributed by atoms with Gasteiger partial charge in [0.25, 0.3) is 5.69 Å². The molecule has 0 spiro atoms. The number of aromatic nitrogens is 3. The molecule has 0 bridgehead atoms. The number of nitrogens with zero attached hydrogens (tertiary/aromatic N) is 6. The average molecular weight is 488 g/mol. The predicted molar refractivity (Wildman–Crippen MR) is 122 cm³/mol. The number of alkyl halides is 3. The van der Waals surface area contributed by atoms with Crippen molar-refractivity contribution in [2.45, 2.75) is 6.18 Å². The number of rotatable bonds is 7. The van der Waals surface area contributed by atoms with Crippen LogP contribution in [0.4, 0.5) is 42.4 Å². The van der Waals surface area contributed by atoms with E-state index in [-0.39, 0.29) is 23.1 Å². The van der Waals surface area contributed by atoms with Gasteiger partial charge in [0.15, 0.2) is 0 Å². The van der Waals surface area contributed by atoms with Gasteiger partial charge in [-0.25, -0.2) is 5.43 Å². The van der Waals surface area contributed by atoms with Crippen LogP contribution in [0.25, 0.3) is 0 Å². The second-order valence-electron chi connectivity index (χ2n) is 7.30. The van der Waals surface area contributed by atoms with Crippen LogP contribution >= 0.6 is 0 Å². The Labute approximate surface area is 196 Å². The van der Waals surface area contributed by atoms with E-state index in [2.05, 4.69) is 30.8 Å². The van der Waals surface area contributed by atoms with Crippen molar-refractivity contribution in [3.05, 3.63) is 69.8 Å². The maximum Gasteiger partial charge on any atom is 0.416 e. The Hall–Kier alpha value is -4.33. The standard InChI is InChI=1S/C21H19F3N8O3/c22-21(23,24)15-3-1-2-14(12-15)13-25-30-19-27-18(26-16-4-6-17(7-5-16)32(33)34)28-20(29-19)31-8-10-35-11-9-31/h1-7,12-13H,8-11H2,(H2,26,27,28,29,30)/b25-13+. The smallest absolute Gasteiger partial charge is 0.378 e. The van der Waals surface area contributed by atoms with Crippen LogP contribution in [0, 0.1) is 10.1 Å². The molecule has 0 unspecified atom stereocenters. The zero-order valence-electron chi connectivity index (χ0n) is 18.1. The van der Waals surface area contributed by atoms with E-state index in [9.17, 15) is 23.3 Å². The largest absolute Gasteiger partial charge is 0.416 e. The molecule has 4 rings (SSSR count). The molecule has 1 saturated heterocycles. The van der Waals surface area contributed by atoms with Crippen LogP contribution in [0.5, 0.6) is 0 Å². The number of nitrogens with one attached hydrogen (secondary N) is 2. The SMILES string of the molecule is O=[N+]([O-])c1ccc(Nc2nc(N/N=C/c3cccc(C(F)(F)F)c3)nc(N3CCOCC3)n2)cc1. The van der Waals surface area contributed by atoms with Gasteiger partial charge in [-0.15, -0.1) is 0 Å². The minimum atomic E-state index is -4.46. The van der Waals surface area contributed by atoms with E-state index < -0.39 is 16.7 Å². The van der Waals surface area contributed by atoms with Gasteiger partial charge in [-0.2, -0.15) is 33.2 Å². The third-order valence-electron chi connectivity index (χ3n) is 4.84. The number of ether oxygens (including phenoxy) is 1. The van der Waals surface area contributed by atoms with E-state index in [0.29, 0.717) is 37.9 Å². The molecule has 1 fully saturated rings. The summed E-state index contributed by atoms with van der Waals surface area (Å²) in [6.07, 6.45) is -3.24. The molecule has 0 aliphatic carbocycles. The van der Waals surface area contributed by atoms with Crippen molar-refractivity contribution in [2.75, 3.05) is 41.9 Å². The molecule has 0 saturated carbocycles. The zero-order chi connectivity index (χ0) is 24.8. The summed E-state index contributed by atoms with van der Waals surface area (Å²) in [4.78, 5) is 25.2. The number of non-ortho nitro benzene ring substituents is 1. The Morgan fingerprint density at radius 1 is 1.06 bits per heavy atom. The van der Waals surface area contributed by atoms with Crippen LogP contribution in [0.1, 0.15) is 11.1 Å². The average Bonchev–Trinajstić information content (AvgIpc) is 2.84. The molecule has 1 aliphatic rings. The molecular formula is C21H19F3N8O3. The zero-order valence-corrected chi connectivity index (χ0v) is 18.1. The molecule has 1 aromatic heterocycles. The van der Waals surface area contributed by atoms with Gasteiger partial charge in [-0.05, 0) is 29.8 Å². The number of morpholine rings is 1. The molecule has 3 aromatic rings. The first-order chi connectivity index (χ1) is 16.8. The summed E-state index contributed by atoms with van der Waals surface area (Å²) >= 11 is 0. The summed E-state index contributed by atoms with van der Waals surface area (Å²) in [5.74, 6) is 0.533. The molecule has 35 heavy (non-hydrogen) atoms. The lowest BCUT2D eigenvalue weighted by molar-refractivity contribution is -0.384. The van der Waals surface area contributed by atoms with E-state index in [1.807, 2.05) is 4.90 Å². The number of halogens is 3. The van der Waals surface area contributed by atoms with Gasteiger partial charge in [-0.1, -0.05) is 12.1 Å². The third kappa shape index (κ3) is 6.38. The molecule has 0 amide bonds. The van der Waals surface area contributed by atoms with E-state index in [4.69, 9.17) is 4.74 Å². The lowest BCUT2D eigenvalue weighted by atomic mass is 10.1. The number of hydrogen-bond donors (Lipinski definition) is 2. The Balaban J connectivity index is 1.56. The van der Waals surface area contributed by atoms with Crippen LogP contribution < -0.4 is 15.6 Å². The summed E-state index contributed by atoms with van der Waals surface area (Å²) in [6, 6.07) is 10.4. The van der Waals surface area contributed by atoms with Gasteiger partial charge >= 0.3 is 6.18 Å². The second-order valence-corrected chi connectivity index (χ2v) is 7.30. The van der Waals surface area contributed by atoms with Crippen molar-refractivity contribution in [2.24, 2.45) is 5.10 Å². The molecule has 0 radical (unpaired) electrons. The maximum atomic E-state index is 12.9. The first-order valence-electron chi connectivity index (χ1n) is 10.3. The quantitative estimate of drug-likeness (QED) is 0.289. The van der Waals surface area contributed by atoms with E-state index in [1.165, 1.54) is 42.6 Å². The highest BCUT2D eigenvalue weighted by molar-refractivity contribution is 5.80. The molecule has 14 heteroatoms. The fourth-order valence-corrected chi connectivity index (χ4v) is 3.13. The topological polar surface area (TPSA) is 131 Å². The molecule has 2 heterocycles. The van der Waals surface area contributed by atoms with E-state index >= 15 is 0 Å². The minimum Gasteiger partial charge on any atom is -0.378 e. The first kappa shape index (κ1) is 23.8. The molecule has 1 aliphatic heterocycles. The summed E-state index contributed by atoms with van der Waals surface area (Å²) in [7, 11) is 0. The predicted octanol–water partition coefficient (Wildman–Crippen LogP) is 3.82. The molecule has 2 N–H and O–H groups in total. The van der Waals surface area contributed by atoms with Crippen LogP contribution in [-0.2, 0) is 10.9 Å². The number of nitro benzene ring substituents is 1. The van der Waals surface area contributed by atoms with Gasteiger partial charge in [0.1, 0.15) is 0 Å². The lowest BCUT2D eigenvalue weighted by Crippen LogP contribution is -2.37. The lowest BCUT2D eigenvalue weighted by Gasteiger charge is -2.27. The van der Waals surface area contributed by atoms with Crippen molar-refractivity contribution in [3.63, 3.8) is 0 Å². The van der Waals surface area contributed by atoms with Crippen LogP contribution in [-0.4, -0.2) is 52.4 Å². The van der Waals surface area contributed by atoms with Crippen molar-refractivity contribution < 1.29 is 22.8 Å². The summed E-state index contributed by atoms with van der Waals surface area (Å²) in [5.41, 5.74) is 2.51. The number of benzene rings is 2. The van der Waals surface area contributed by atoms with Crippen molar-refractivity contribution >= 4 is 35.4 Å². The first-order valence-corrected chi connectivity index (χ1v) is 10.3. The van der Waals surface area contributed by atoms with E-state index in [0.717, 1.165) is 12.1 Å². The van der Waals surface area contributed by atoms with Gasteiger partial charge in [0.05, 0.1) is 29.9 Å². The van der Waals surface area contributed by atoms with Gasteiger partial charge in [0, 0.05) is 30.9 Å². The number of hydrazone groups is 1. The molecule has 11 nitrogen and oxygen atoms in total. The van der Waals surface area contributed by atoms with Gasteiger partial charge < -0.3 is 15.0 Å². The van der Waals surface area contributed by atoms with Gasteiger partial charge in [-0.3, -0.25) is 10.1 Å². The van der Waals surface area contributed by atoms with Crippen LogP contribution in [0.15, 0.2) is 53.6 Å². The van der Waals surface area contributed by atoms with E-state index in [1.54, 1.807) is 0 Å². The Kier molecular flexibility index (Phi) is 7.01. The van der Waals surface area contributed by atoms with Gasteiger partial charge in [0.2, 0.25) is 17.8 Å². The molecule has 2 aromatic carbocycles.